The van der Waals surface area contributed by atoms with Gasteiger partial charge in [-0.1, -0.05) is 127 Å². The van der Waals surface area contributed by atoms with Gasteiger partial charge in [-0.3, -0.25) is 0 Å². The molecule has 212 valence electrons. The number of thiophene rings is 1. The number of hydrogen-bond donors (Lipinski definition) is 0. The summed E-state index contributed by atoms with van der Waals surface area (Å²) in [6.07, 6.45) is 0. The van der Waals surface area contributed by atoms with Crippen molar-refractivity contribution in [3.05, 3.63) is 198 Å². The summed E-state index contributed by atoms with van der Waals surface area (Å²) in [4.78, 5) is 2.36. The normalized spacial score (nSPS) is 13.1. The smallest absolute Gasteiger partial charge is 0.0720 e. The van der Waals surface area contributed by atoms with Crippen LogP contribution in [0, 0.1) is 0 Å². The molecule has 45 heavy (non-hydrogen) atoms. The van der Waals surface area contributed by atoms with Gasteiger partial charge in [-0.15, -0.1) is 11.3 Å². The molecule has 7 aromatic carbocycles. The predicted octanol–water partition coefficient (Wildman–Crippen LogP) is 11.9. The minimum absolute atomic E-state index is 0.448. The number of anilines is 3. The van der Waals surface area contributed by atoms with Crippen molar-refractivity contribution in [3.63, 3.8) is 0 Å². The molecule has 1 aliphatic carbocycles. The lowest BCUT2D eigenvalue weighted by Gasteiger charge is -2.34. The second kappa shape index (κ2) is 10.3. The number of para-hydroxylation sites is 2. The number of nitrogens with zero attached hydrogens (tertiary/aromatic N) is 1. The van der Waals surface area contributed by atoms with Crippen molar-refractivity contribution in [3.8, 4) is 11.1 Å². The van der Waals surface area contributed by atoms with E-state index in [-0.39, 0.29) is 0 Å². The largest absolute Gasteiger partial charge is 0.310 e. The second-order valence-electron chi connectivity index (χ2n) is 11.7. The van der Waals surface area contributed by atoms with Gasteiger partial charge in [-0.05, 0) is 81.9 Å². The maximum absolute atomic E-state index is 2.41. The molecule has 0 atom stereocenters. The van der Waals surface area contributed by atoms with E-state index >= 15 is 0 Å². The first-order valence-corrected chi connectivity index (χ1v) is 16.3. The van der Waals surface area contributed by atoms with Gasteiger partial charge in [0.05, 0.1) is 5.41 Å². The number of fused-ring (bicyclic) bond motifs is 6. The predicted molar refractivity (Wildman–Crippen MR) is 191 cm³/mol. The zero-order chi connectivity index (χ0) is 29.8. The van der Waals surface area contributed by atoms with E-state index in [0.29, 0.717) is 0 Å². The van der Waals surface area contributed by atoms with Crippen molar-refractivity contribution in [1.29, 1.82) is 0 Å². The van der Waals surface area contributed by atoms with E-state index < -0.39 is 5.41 Å². The molecule has 0 N–H and O–H groups in total. The minimum atomic E-state index is -0.448. The van der Waals surface area contributed by atoms with Crippen LogP contribution in [0.4, 0.5) is 17.1 Å². The molecule has 0 saturated carbocycles. The van der Waals surface area contributed by atoms with Crippen LogP contribution in [0.2, 0.25) is 0 Å². The van der Waals surface area contributed by atoms with Crippen molar-refractivity contribution in [2.24, 2.45) is 0 Å². The van der Waals surface area contributed by atoms with Crippen LogP contribution in [0.15, 0.2) is 176 Å². The zero-order valence-electron chi connectivity index (χ0n) is 24.6. The Morgan fingerprint density at radius 2 is 0.933 bits per heavy atom. The van der Waals surface area contributed by atoms with Gasteiger partial charge in [0, 0.05) is 37.2 Å². The standard InChI is InChI=1S/C43H29NS/c1-4-15-30(16-5-1)43(37-23-12-10-21-34(37)35-22-11-13-24-38(35)43)39-25-14-26-41-42(39)36-29-33(27-28-40(36)45-41)44(31-17-6-2-7-18-31)32-19-8-3-9-20-32/h1-29H. The Kier molecular flexibility index (Phi) is 5.97. The van der Waals surface area contributed by atoms with E-state index in [9.17, 15) is 0 Å². The molecule has 0 fully saturated rings. The molecule has 0 amide bonds. The van der Waals surface area contributed by atoms with Gasteiger partial charge < -0.3 is 4.90 Å². The molecule has 8 aromatic rings. The lowest BCUT2D eigenvalue weighted by atomic mass is 9.66. The third kappa shape index (κ3) is 3.86. The molecule has 0 aliphatic heterocycles. The maximum Gasteiger partial charge on any atom is 0.0720 e. The number of rotatable bonds is 5. The molecule has 1 aromatic heterocycles. The van der Waals surface area contributed by atoms with E-state index in [1.165, 1.54) is 53.6 Å². The lowest BCUT2D eigenvalue weighted by Crippen LogP contribution is -2.28. The first kappa shape index (κ1) is 26.0. The van der Waals surface area contributed by atoms with Gasteiger partial charge in [-0.25, -0.2) is 0 Å². The monoisotopic (exact) mass is 591 g/mol. The third-order valence-electron chi connectivity index (χ3n) is 9.33. The summed E-state index contributed by atoms with van der Waals surface area (Å²) >= 11 is 1.88. The molecule has 0 radical (unpaired) electrons. The van der Waals surface area contributed by atoms with Crippen molar-refractivity contribution < 1.29 is 0 Å². The SMILES string of the molecule is c1ccc(N(c2ccccc2)c2ccc3sc4cccc(C5(c6ccccc6)c6ccccc6-c6ccccc65)c4c3c2)cc1. The summed E-state index contributed by atoms with van der Waals surface area (Å²) in [6.45, 7) is 0. The van der Waals surface area contributed by atoms with Crippen LogP contribution < -0.4 is 4.90 Å². The van der Waals surface area contributed by atoms with Crippen LogP contribution in [-0.2, 0) is 5.41 Å². The van der Waals surface area contributed by atoms with Gasteiger partial charge in [0.25, 0.3) is 0 Å². The highest BCUT2D eigenvalue weighted by Gasteiger charge is 2.46. The fourth-order valence-corrected chi connectivity index (χ4v) is 8.66. The summed E-state index contributed by atoms with van der Waals surface area (Å²) in [7, 11) is 0. The average Bonchev–Trinajstić information content (AvgIpc) is 3.64. The molecule has 2 heteroatoms. The van der Waals surface area contributed by atoms with Crippen LogP contribution in [0.3, 0.4) is 0 Å². The van der Waals surface area contributed by atoms with E-state index in [1.807, 2.05) is 11.3 Å². The van der Waals surface area contributed by atoms with Crippen molar-refractivity contribution >= 4 is 48.6 Å². The zero-order valence-corrected chi connectivity index (χ0v) is 25.4. The first-order valence-electron chi connectivity index (χ1n) is 15.4. The molecule has 9 rings (SSSR count). The molecule has 1 aliphatic rings. The summed E-state index contributed by atoms with van der Waals surface area (Å²) < 4.78 is 2.60. The summed E-state index contributed by atoms with van der Waals surface area (Å²) in [5.41, 5.74) is 10.9. The minimum Gasteiger partial charge on any atom is -0.310 e. The average molecular weight is 592 g/mol. The van der Waals surface area contributed by atoms with Gasteiger partial charge in [0.2, 0.25) is 0 Å². The molecule has 0 spiro atoms. The quantitative estimate of drug-likeness (QED) is 0.192. The highest BCUT2D eigenvalue weighted by atomic mass is 32.1. The topological polar surface area (TPSA) is 3.24 Å². The number of hydrogen-bond acceptors (Lipinski definition) is 2. The van der Waals surface area contributed by atoms with Crippen molar-refractivity contribution in [2.45, 2.75) is 5.41 Å². The highest BCUT2D eigenvalue weighted by Crippen LogP contribution is 2.58. The van der Waals surface area contributed by atoms with Crippen molar-refractivity contribution in [1.82, 2.24) is 0 Å². The molecule has 0 saturated heterocycles. The van der Waals surface area contributed by atoms with Crippen LogP contribution in [0.1, 0.15) is 22.3 Å². The maximum atomic E-state index is 2.41. The van der Waals surface area contributed by atoms with Crippen LogP contribution in [0.25, 0.3) is 31.3 Å². The third-order valence-corrected chi connectivity index (χ3v) is 10.5. The van der Waals surface area contributed by atoms with Crippen LogP contribution in [0.5, 0.6) is 0 Å². The fourth-order valence-electron chi connectivity index (χ4n) is 7.55. The molecule has 0 unspecified atom stereocenters. The Bertz CT molecular complexity index is 2240. The summed E-state index contributed by atoms with van der Waals surface area (Å²) in [6, 6.07) is 64.4. The number of benzene rings is 7. The van der Waals surface area contributed by atoms with Crippen LogP contribution in [-0.4, -0.2) is 0 Å². The molecular weight excluding hydrogens is 563 g/mol. The Morgan fingerprint density at radius 1 is 0.400 bits per heavy atom. The highest BCUT2D eigenvalue weighted by molar-refractivity contribution is 7.25. The summed E-state index contributed by atoms with van der Waals surface area (Å²) in [5.74, 6) is 0. The van der Waals surface area contributed by atoms with E-state index in [0.717, 1.165) is 17.1 Å². The van der Waals surface area contributed by atoms with Crippen molar-refractivity contribution in [2.75, 3.05) is 4.90 Å². The molecule has 0 bridgehead atoms. The van der Waals surface area contributed by atoms with Gasteiger partial charge in [0.15, 0.2) is 0 Å². The van der Waals surface area contributed by atoms with E-state index in [4.69, 9.17) is 0 Å². The second-order valence-corrected chi connectivity index (χ2v) is 12.8. The Hall–Kier alpha value is -5.44. The van der Waals surface area contributed by atoms with E-state index in [1.54, 1.807) is 0 Å². The molecule has 1 nitrogen and oxygen atoms in total. The first-order chi connectivity index (χ1) is 22.3. The Balaban J connectivity index is 1.38. The lowest BCUT2D eigenvalue weighted by molar-refractivity contribution is 0.777. The molecule has 1 heterocycles. The Morgan fingerprint density at radius 3 is 1.56 bits per heavy atom. The van der Waals surface area contributed by atoms with Gasteiger partial charge in [-0.2, -0.15) is 0 Å². The van der Waals surface area contributed by atoms with Gasteiger partial charge >= 0.3 is 0 Å². The fraction of sp³-hybridized carbons (Fsp3) is 0.0233. The molecular formula is C43H29NS. The van der Waals surface area contributed by atoms with Gasteiger partial charge in [0.1, 0.15) is 0 Å². The van der Waals surface area contributed by atoms with Crippen LogP contribution >= 0.6 is 11.3 Å². The van der Waals surface area contributed by atoms with E-state index in [2.05, 4.69) is 181 Å². The summed E-state index contributed by atoms with van der Waals surface area (Å²) in [5, 5.41) is 2.62. The Labute approximate surface area is 267 Å².